The van der Waals surface area contributed by atoms with Crippen molar-refractivity contribution in [1.82, 2.24) is 9.80 Å². The quantitative estimate of drug-likeness (QED) is 0.722. The molecule has 0 N–H and O–H groups in total. The SMILES string of the molecule is COc1ccccc1OCCCN1CC(N2CCCC[C@@H]2C)C1. The van der Waals surface area contributed by atoms with E-state index in [1.807, 2.05) is 24.3 Å². The fourth-order valence-electron chi connectivity index (χ4n) is 3.81. The van der Waals surface area contributed by atoms with Crippen molar-refractivity contribution in [2.24, 2.45) is 0 Å². The molecular weight excluding hydrogens is 288 g/mol. The summed E-state index contributed by atoms with van der Waals surface area (Å²) in [7, 11) is 1.68. The van der Waals surface area contributed by atoms with E-state index in [1.54, 1.807) is 7.11 Å². The van der Waals surface area contributed by atoms with Gasteiger partial charge < -0.3 is 9.47 Å². The molecule has 128 valence electrons. The average Bonchev–Trinajstić information content (AvgIpc) is 2.54. The van der Waals surface area contributed by atoms with Gasteiger partial charge in [-0.25, -0.2) is 0 Å². The number of piperidine rings is 1. The molecule has 23 heavy (non-hydrogen) atoms. The normalized spacial score (nSPS) is 23.5. The molecule has 1 aromatic rings. The molecule has 4 heteroatoms. The van der Waals surface area contributed by atoms with Crippen molar-refractivity contribution in [3.63, 3.8) is 0 Å². The van der Waals surface area contributed by atoms with Crippen LogP contribution in [0.3, 0.4) is 0 Å². The zero-order valence-corrected chi connectivity index (χ0v) is 14.5. The van der Waals surface area contributed by atoms with E-state index in [4.69, 9.17) is 9.47 Å². The first kappa shape index (κ1) is 16.6. The van der Waals surface area contributed by atoms with Crippen LogP contribution in [-0.2, 0) is 0 Å². The molecular formula is C19H30N2O2. The van der Waals surface area contributed by atoms with Crippen LogP contribution in [0.5, 0.6) is 11.5 Å². The smallest absolute Gasteiger partial charge is 0.161 e. The number of nitrogens with zero attached hydrogens (tertiary/aromatic N) is 2. The first-order valence-electron chi connectivity index (χ1n) is 9.02. The van der Waals surface area contributed by atoms with Crippen LogP contribution in [0.2, 0.25) is 0 Å². The standard InChI is InChI=1S/C19H30N2O2/c1-16-8-5-6-12-21(16)17-14-20(15-17)11-7-13-23-19-10-4-3-9-18(19)22-2/h3-4,9-10,16-17H,5-8,11-15H2,1-2H3/t16-/m0/s1. The lowest BCUT2D eigenvalue weighted by Gasteiger charge is -2.49. The molecule has 2 saturated heterocycles. The fraction of sp³-hybridized carbons (Fsp3) is 0.684. The lowest BCUT2D eigenvalue weighted by atomic mass is 9.97. The molecule has 3 rings (SSSR count). The van der Waals surface area contributed by atoms with E-state index < -0.39 is 0 Å². The van der Waals surface area contributed by atoms with Crippen LogP contribution in [-0.4, -0.2) is 61.8 Å². The molecule has 0 unspecified atom stereocenters. The molecule has 0 bridgehead atoms. The predicted molar refractivity (Wildman–Crippen MR) is 93.4 cm³/mol. The van der Waals surface area contributed by atoms with Crippen molar-refractivity contribution >= 4 is 0 Å². The molecule has 1 atom stereocenters. The maximum Gasteiger partial charge on any atom is 0.161 e. The average molecular weight is 318 g/mol. The van der Waals surface area contributed by atoms with Gasteiger partial charge in [-0.2, -0.15) is 0 Å². The van der Waals surface area contributed by atoms with Crippen LogP contribution in [0.4, 0.5) is 0 Å². The van der Waals surface area contributed by atoms with E-state index in [9.17, 15) is 0 Å². The Morgan fingerprint density at radius 3 is 2.65 bits per heavy atom. The van der Waals surface area contributed by atoms with E-state index in [-0.39, 0.29) is 0 Å². The number of ether oxygens (including phenoxy) is 2. The minimum Gasteiger partial charge on any atom is -0.493 e. The van der Waals surface area contributed by atoms with Gasteiger partial charge in [-0.1, -0.05) is 18.6 Å². The van der Waals surface area contributed by atoms with Crippen LogP contribution in [0, 0.1) is 0 Å². The van der Waals surface area contributed by atoms with Crippen LogP contribution in [0.1, 0.15) is 32.6 Å². The zero-order chi connectivity index (χ0) is 16.1. The highest BCUT2D eigenvalue weighted by atomic mass is 16.5. The van der Waals surface area contributed by atoms with E-state index in [0.29, 0.717) is 0 Å². The topological polar surface area (TPSA) is 24.9 Å². The molecule has 4 nitrogen and oxygen atoms in total. The monoisotopic (exact) mass is 318 g/mol. The summed E-state index contributed by atoms with van der Waals surface area (Å²) in [5, 5.41) is 0. The highest BCUT2D eigenvalue weighted by molar-refractivity contribution is 5.39. The number of rotatable bonds is 7. The fourth-order valence-corrected chi connectivity index (χ4v) is 3.81. The Kier molecular flexibility index (Phi) is 5.79. The Morgan fingerprint density at radius 2 is 1.91 bits per heavy atom. The highest BCUT2D eigenvalue weighted by Crippen LogP contribution is 2.26. The lowest BCUT2D eigenvalue weighted by Crippen LogP contribution is -2.62. The van der Waals surface area contributed by atoms with E-state index in [2.05, 4.69) is 16.7 Å². The third-order valence-electron chi connectivity index (χ3n) is 5.21. The minimum atomic E-state index is 0.752. The first-order valence-corrected chi connectivity index (χ1v) is 9.02. The first-order chi connectivity index (χ1) is 11.3. The summed E-state index contributed by atoms with van der Waals surface area (Å²) < 4.78 is 11.2. The van der Waals surface area contributed by atoms with Crippen molar-refractivity contribution < 1.29 is 9.47 Å². The van der Waals surface area contributed by atoms with Gasteiger partial charge in [0.1, 0.15) is 0 Å². The van der Waals surface area contributed by atoms with Crippen molar-refractivity contribution in [3.05, 3.63) is 24.3 Å². The number of benzene rings is 1. The van der Waals surface area contributed by atoms with Crippen molar-refractivity contribution in [2.45, 2.75) is 44.7 Å². The van der Waals surface area contributed by atoms with Crippen LogP contribution < -0.4 is 9.47 Å². The number of methoxy groups -OCH3 is 1. The summed E-state index contributed by atoms with van der Waals surface area (Å²) >= 11 is 0. The molecule has 0 aliphatic carbocycles. The van der Waals surface area contributed by atoms with Gasteiger partial charge in [0.15, 0.2) is 11.5 Å². The Labute approximate surface area is 140 Å². The van der Waals surface area contributed by atoms with Gasteiger partial charge in [-0.05, 0) is 44.9 Å². The highest BCUT2D eigenvalue weighted by Gasteiger charge is 2.34. The van der Waals surface area contributed by atoms with Crippen LogP contribution in [0.15, 0.2) is 24.3 Å². The summed E-state index contributed by atoms with van der Waals surface area (Å²) in [6.45, 7) is 8.05. The molecule has 0 aromatic heterocycles. The van der Waals surface area contributed by atoms with Gasteiger partial charge in [-0.3, -0.25) is 9.80 Å². The summed E-state index contributed by atoms with van der Waals surface area (Å²) in [5.74, 6) is 1.66. The second kappa shape index (κ2) is 8.02. The molecule has 2 aliphatic rings. The van der Waals surface area contributed by atoms with Gasteiger partial charge in [0.05, 0.1) is 13.7 Å². The largest absolute Gasteiger partial charge is 0.493 e. The summed E-state index contributed by atoms with van der Waals surface area (Å²) in [6.07, 6.45) is 5.24. The third kappa shape index (κ3) is 4.18. The van der Waals surface area contributed by atoms with Crippen LogP contribution >= 0.6 is 0 Å². The number of hydrogen-bond donors (Lipinski definition) is 0. The molecule has 0 amide bonds. The molecule has 0 spiro atoms. The summed E-state index contributed by atoms with van der Waals surface area (Å²) in [6, 6.07) is 9.43. The Morgan fingerprint density at radius 1 is 1.13 bits per heavy atom. The maximum absolute atomic E-state index is 5.85. The molecule has 2 aliphatic heterocycles. The van der Waals surface area contributed by atoms with E-state index in [1.165, 1.54) is 38.9 Å². The molecule has 0 radical (unpaired) electrons. The molecule has 0 saturated carbocycles. The summed E-state index contributed by atoms with van der Waals surface area (Å²) in [5.41, 5.74) is 0. The van der Waals surface area contributed by atoms with E-state index in [0.717, 1.165) is 43.2 Å². The number of hydrogen-bond acceptors (Lipinski definition) is 4. The Balaban J connectivity index is 1.32. The van der Waals surface area contributed by atoms with Gasteiger partial charge in [0.25, 0.3) is 0 Å². The molecule has 2 heterocycles. The molecule has 2 fully saturated rings. The van der Waals surface area contributed by atoms with Gasteiger partial charge in [0, 0.05) is 31.7 Å². The zero-order valence-electron chi connectivity index (χ0n) is 14.5. The second-order valence-electron chi connectivity index (χ2n) is 6.85. The number of para-hydroxylation sites is 2. The van der Waals surface area contributed by atoms with Gasteiger partial charge >= 0.3 is 0 Å². The minimum absolute atomic E-state index is 0.752. The number of likely N-dealkylation sites (tertiary alicyclic amines) is 2. The second-order valence-corrected chi connectivity index (χ2v) is 6.85. The van der Waals surface area contributed by atoms with Crippen LogP contribution in [0.25, 0.3) is 0 Å². The predicted octanol–water partition coefficient (Wildman–Crippen LogP) is 3.02. The lowest BCUT2D eigenvalue weighted by molar-refractivity contribution is -0.00384. The summed E-state index contributed by atoms with van der Waals surface area (Å²) in [4.78, 5) is 5.28. The molecule has 1 aromatic carbocycles. The van der Waals surface area contributed by atoms with Gasteiger partial charge in [-0.15, -0.1) is 0 Å². The Bertz CT molecular complexity index is 488. The van der Waals surface area contributed by atoms with Gasteiger partial charge in [0.2, 0.25) is 0 Å². The van der Waals surface area contributed by atoms with Crippen molar-refractivity contribution in [2.75, 3.05) is 39.9 Å². The van der Waals surface area contributed by atoms with Crippen molar-refractivity contribution in [1.29, 1.82) is 0 Å². The third-order valence-corrected chi connectivity index (χ3v) is 5.21. The van der Waals surface area contributed by atoms with E-state index >= 15 is 0 Å². The Hall–Kier alpha value is -1.26. The maximum atomic E-state index is 5.85. The van der Waals surface area contributed by atoms with Crippen molar-refractivity contribution in [3.8, 4) is 11.5 Å².